The van der Waals surface area contributed by atoms with Gasteiger partial charge < -0.3 is 10.0 Å². The zero-order chi connectivity index (χ0) is 24.9. The number of nitriles is 1. The molecule has 5 heteroatoms. The third kappa shape index (κ3) is 3.45. The Bertz CT molecular complexity index is 1880. The third-order valence-electron chi connectivity index (χ3n) is 7.60. The van der Waals surface area contributed by atoms with Crippen LogP contribution in [0.4, 0.5) is 5.69 Å². The number of piperidine rings is 1. The second kappa shape index (κ2) is 8.46. The Morgan fingerprint density at radius 2 is 1.62 bits per heavy atom. The molecule has 4 aromatic carbocycles. The Morgan fingerprint density at radius 3 is 2.43 bits per heavy atom. The summed E-state index contributed by atoms with van der Waals surface area (Å²) in [6.07, 6.45) is 5.27. The number of hydrogen-bond acceptors (Lipinski definition) is 5. The number of fused-ring (bicyclic) bond motifs is 6. The molecule has 0 amide bonds. The molecule has 0 radical (unpaired) electrons. The van der Waals surface area contributed by atoms with Crippen molar-refractivity contribution in [2.75, 3.05) is 18.0 Å². The van der Waals surface area contributed by atoms with E-state index in [-0.39, 0.29) is 5.75 Å². The van der Waals surface area contributed by atoms with E-state index in [0.29, 0.717) is 5.56 Å². The van der Waals surface area contributed by atoms with Crippen LogP contribution in [0.15, 0.2) is 79.0 Å². The van der Waals surface area contributed by atoms with Crippen molar-refractivity contribution in [1.82, 2.24) is 9.97 Å². The van der Waals surface area contributed by atoms with Gasteiger partial charge in [-0.15, -0.1) is 0 Å². The van der Waals surface area contributed by atoms with E-state index in [0.717, 1.165) is 86.2 Å². The molecule has 6 aromatic rings. The molecule has 1 N–H and O–H groups in total. The van der Waals surface area contributed by atoms with Gasteiger partial charge in [-0.2, -0.15) is 5.26 Å². The van der Waals surface area contributed by atoms with E-state index in [1.807, 2.05) is 24.3 Å². The van der Waals surface area contributed by atoms with Crippen LogP contribution < -0.4 is 4.90 Å². The zero-order valence-electron chi connectivity index (χ0n) is 20.3. The zero-order valence-corrected chi connectivity index (χ0v) is 20.3. The summed E-state index contributed by atoms with van der Waals surface area (Å²) < 4.78 is 0. The quantitative estimate of drug-likeness (QED) is 0.208. The molecule has 2 aromatic heterocycles. The summed E-state index contributed by atoms with van der Waals surface area (Å²) in [6.45, 7) is 1.89. The van der Waals surface area contributed by atoms with Gasteiger partial charge >= 0.3 is 0 Å². The number of nitrogens with zero attached hydrogens (tertiary/aromatic N) is 4. The van der Waals surface area contributed by atoms with Crippen molar-refractivity contribution in [3.63, 3.8) is 0 Å². The maximum Gasteiger partial charge on any atom is 0.115 e. The Hall–Kier alpha value is -4.69. The molecule has 0 atom stereocenters. The van der Waals surface area contributed by atoms with Crippen LogP contribution in [0.1, 0.15) is 24.8 Å². The van der Waals surface area contributed by atoms with E-state index in [2.05, 4.69) is 52.4 Å². The second-order valence-electron chi connectivity index (χ2n) is 9.78. The standard InChI is InChI=1S/C32H24N4O/c33-19-27-29(36-15-2-1-3-16-36)18-25(20-8-10-23(37)11-9-20)24-12-13-28-26(30(24)27)17-22-7-6-21-5-4-14-34-31(21)32(22)35-28/h4-14,17-18,37H,1-3,15-16H2. The number of anilines is 1. The van der Waals surface area contributed by atoms with Gasteiger partial charge in [0.25, 0.3) is 0 Å². The monoisotopic (exact) mass is 480 g/mol. The third-order valence-corrected chi connectivity index (χ3v) is 7.60. The van der Waals surface area contributed by atoms with Crippen LogP contribution >= 0.6 is 0 Å². The molecule has 0 saturated carbocycles. The fourth-order valence-corrected chi connectivity index (χ4v) is 5.79. The van der Waals surface area contributed by atoms with Gasteiger partial charge in [0, 0.05) is 40.8 Å². The van der Waals surface area contributed by atoms with Crippen LogP contribution in [0.25, 0.3) is 54.6 Å². The predicted octanol–water partition coefficient (Wildman–Crippen LogP) is 7.32. The lowest BCUT2D eigenvalue weighted by Gasteiger charge is -2.31. The van der Waals surface area contributed by atoms with Crippen molar-refractivity contribution >= 4 is 49.2 Å². The Balaban J connectivity index is 1.61. The van der Waals surface area contributed by atoms with Crippen LogP contribution in [0.5, 0.6) is 5.75 Å². The first kappa shape index (κ1) is 21.6. The van der Waals surface area contributed by atoms with Gasteiger partial charge in [0.15, 0.2) is 0 Å². The van der Waals surface area contributed by atoms with Crippen molar-refractivity contribution in [3.8, 4) is 22.9 Å². The number of aromatic nitrogens is 2. The lowest BCUT2D eigenvalue weighted by Crippen LogP contribution is -2.30. The van der Waals surface area contributed by atoms with Crippen molar-refractivity contribution in [1.29, 1.82) is 5.26 Å². The summed E-state index contributed by atoms with van der Waals surface area (Å²) >= 11 is 0. The molecule has 0 spiro atoms. The van der Waals surface area contributed by atoms with E-state index in [9.17, 15) is 10.4 Å². The SMILES string of the molecule is N#Cc1c(N2CCCCC2)cc(-c2ccc(O)cc2)c2ccc3nc4c(ccc5cccnc54)cc3c12. The predicted molar refractivity (Wildman–Crippen MR) is 150 cm³/mol. The smallest absolute Gasteiger partial charge is 0.115 e. The van der Waals surface area contributed by atoms with E-state index >= 15 is 0 Å². The highest BCUT2D eigenvalue weighted by Gasteiger charge is 2.22. The number of phenols is 1. The van der Waals surface area contributed by atoms with Crippen molar-refractivity contribution < 1.29 is 5.11 Å². The largest absolute Gasteiger partial charge is 0.508 e. The van der Waals surface area contributed by atoms with Crippen LogP contribution in [0.2, 0.25) is 0 Å². The van der Waals surface area contributed by atoms with Crippen LogP contribution in [0.3, 0.4) is 0 Å². The normalized spacial score (nSPS) is 14.0. The topological polar surface area (TPSA) is 73.0 Å². The Kier molecular flexibility index (Phi) is 4.93. The minimum absolute atomic E-state index is 0.236. The van der Waals surface area contributed by atoms with E-state index in [1.54, 1.807) is 18.3 Å². The Labute approximate surface area is 214 Å². The number of rotatable bonds is 2. The number of benzene rings is 4. The number of pyridine rings is 2. The van der Waals surface area contributed by atoms with Gasteiger partial charge in [0.1, 0.15) is 11.8 Å². The van der Waals surface area contributed by atoms with Crippen molar-refractivity contribution in [2.45, 2.75) is 19.3 Å². The average molecular weight is 481 g/mol. The van der Waals surface area contributed by atoms with Gasteiger partial charge in [0.2, 0.25) is 0 Å². The summed E-state index contributed by atoms with van der Waals surface area (Å²) in [5.41, 5.74) is 6.34. The first-order valence-electron chi connectivity index (χ1n) is 12.7. The molecule has 3 heterocycles. The minimum Gasteiger partial charge on any atom is -0.508 e. The molecule has 7 rings (SSSR count). The molecule has 37 heavy (non-hydrogen) atoms. The van der Waals surface area contributed by atoms with Gasteiger partial charge in [-0.05, 0) is 72.2 Å². The summed E-state index contributed by atoms with van der Waals surface area (Å²) in [6, 6.07) is 26.5. The molecule has 178 valence electrons. The molecule has 1 aliphatic rings. The van der Waals surface area contributed by atoms with Crippen LogP contribution in [-0.2, 0) is 0 Å². The fraction of sp³-hybridized carbons (Fsp3) is 0.156. The molecular formula is C32H24N4O. The minimum atomic E-state index is 0.236. The highest BCUT2D eigenvalue weighted by molar-refractivity contribution is 6.18. The highest BCUT2D eigenvalue weighted by atomic mass is 16.3. The van der Waals surface area contributed by atoms with Gasteiger partial charge in [0.05, 0.1) is 27.8 Å². The van der Waals surface area contributed by atoms with Crippen molar-refractivity contribution in [2.24, 2.45) is 0 Å². The molecule has 0 unspecified atom stereocenters. The van der Waals surface area contributed by atoms with E-state index in [4.69, 9.17) is 4.98 Å². The summed E-state index contributed by atoms with van der Waals surface area (Å²) in [5.74, 6) is 0.236. The van der Waals surface area contributed by atoms with Gasteiger partial charge in [-0.25, -0.2) is 4.98 Å². The number of phenolic OH excluding ortho intramolecular Hbond substituents is 1. The van der Waals surface area contributed by atoms with E-state index < -0.39 is 0 Å². The molecule has 0 bridgehead atoms. The van der Waals surface area contributed by atoms with Crippen LogP contribution in [0, 0.1) is 11.3 Å². The summed E-state index contributed by atoms with van der Waals surface area (Å²) in [4.78, 5) is 12.0. The first-order chi connectivity index (χ1) is 18.2. The molecule has 1 fully saturated rings. The van der Waals surface area contributed by atoms with Crippen LogP contribution in [-0.4, -0.2) is 28.2 Å². The fourth-order valence-electron chi connectivity index (χ4n) is 5.79. The van der Waals surface area contributed by atoms with Gasteiger partial charge in [-0.3, -0.25) is 4.98 Å². The number of aromatic hydroxyl groups is 1. The average Bonchev–Trinajstić information content (AvgIpc) is 2.96. The molecule has 5 nitrogen and oxygen atoms in total. The molecule has 1 saturated heterocycles. The molecular weight excluding hydrogens is 456 g/mol. The maximum absolute atomic E-state index is 10.5. The maximum atomic E-state index is 10.5. The second-order valence-corrected chi connectivity index (χ2v) is 9.78. The lowest BCUT2D eigenvalue weighted by molar-refractivity contribution is 0.475. The van der Waals surface area contributed by atoms with Gasteiger partial charge in [-0.1, -0.05) is 36.4 Å². The number of hydrogen-bond donors (Lipinski definition) is 1. The Morgan fingerprint density at radius 1 is 0.811 bits per heavy atom. The summed E-state index contributed by atoms with van der Waals surface area (Å²) in [5, 5.41) is 25.4. The van der Waals surface area contributed by atoms with E-state index in [1.165, 1.54) is 6.42 Å². The first-order valence-corrected chi connectivity index (χ1v) is 12.7. The summed E-state index contributed by atoms with van der Waals surface area (Å²) in [7, 11) is 0. The van der Waals surface area contributed by atoms with Crippen molar-refractivity contribution in [3.05, 3.63) is 84.6 Å². The lowest BCUT2D eigenvalue weighted by atomic mass is 9.90. The molecule has 0 aliphatic carbocycles. The molecule has 1 aliphatic heterocycles. The highest BCUT2D eigenvalue weighted by Crippen LogP contribution is 2.42.